The average molecular weight is 217 g/mol. The van der Waals surface area contributed by atoms with Crippen molar-refractivity contribution in [3.8, 4) is 0 Å². The number of thioether (sulfide) groups is 1. The average Bonchev–Trinajstić information content (AvgIpc) is 1.93. The first-order valence-corrected chi connectivity index (χ1v) is 5.23. The van der Waals surface area contributed by atoms with Gasteiger partial charge >= 0.3 is 5.97 Å². The molecule has 1 amide bonds. The van der Waals surface area contributed by atoms with Crippen LogP contribution in [-0.2, 0) is 14.3 Å². The molecule has 0 bridgehead atoms. The molecule has 1 fully saturated rings. The van der Waals surface area contributed by atoms with Crippen LogP contribution in [0.25, 0.3) is 0 Å². The normalized spacial score (nSPS) is 29.1. The third kappa shape index (κ3) is 2.20. The molecule has 4 nitrogen and oxygen atoms in total. The summed E-state index contributed by atoms with van der Waals surface area (Å²) in [5.41, 5.74) is 0. The highest BCUT2D eigenvalue weighted by atomic mass is 32.2. The number of carbonyl (C=O) groups excluding carboxylic acids is 2. The maximum atomic E-state index is 11.6. The van der Waals surface area contributed by atoms with Crippen LogP contribution in [0.3, 0.4) is 0 Å². The standard InChI is InChI=1S/C9H15NO3S/c1-8(2)6(10-5-11)7(12)13-9(3,4)14-8/h5-6H,1-4H3,(H,10,11)/t6-/m1/s1. The molecular weight excluding hydrogens is 202 g/mol. The minimum absolute atomic E-state index is 0.347. The number of rotatable bonds is 2. The Hall–Kier alpha value is -0.710. The molecule has 0 spiro atoms. The molecule has 1 atom stereocenters. The molecule has 80 valence electrons. The molecule has 1 aliphatic rings. The Balaban J connectivity index is 2.88. The molecular formula is C9H15NO3S. The van der Waals surface area contributed by atoms with Gasteiger partial charge in [-0.05, 0) is 27.7 Å². The van der Waals surface area contributed by atoms with Crippen molar-refractivity contribution in [3.63, 3.8) is 0 Å². The first-order valence-electron chi connectivity index (χ1n) is 4.41. The third-order valence-electron chi connectivity index (χ3n) is 2.02. The van der Waals surface area contributed by atoms with Crippen LogP contribution in [0.15, 0.2) is 0 Å². The van der Waals surface area contributed by atoms with E-state index in [1.807, 2.05) is 27.7 Å². The van der Waals surface area contributed by atoms with Gasteiger partial charge in [-0.1, -0.05) is 0 Å². The summed E-state index contributed by atoms with van der Waals surface area (Å²) >= 11 is 1.53. The van der Waals surface area contributed by atoms with E-state index in [4.69, 9.17) is 4.74 Å². The smallest absolute Gasteiger partial charge is 0.331 e. The van der Waals surface area contributed by atoms with Crippen LogP contribution in [0, 0.1) is 0 Å². The Morgan fingerprint density at radius 3 is 2.43 bits per heavy atom. The predicted octanol–water partition coefficient (Wildman–Crippen LogP) is 0.906. The van der Waals surface area contributed by atoms with Gasteiger partial charge in [-0.25, -0.2) is 4.79 Å². The zero-order valence-corrected chi connectivity index (χ0v) is 9.60. The van der Waals surface area contributed by atoms with Gasteiger partial charge in [-0.2, -0.15) is 0 Å². The number of carbonyl (C=O) groups is 2. The molecule has 5 heteroatoms. The number of cyclic esters (lactones) is 1. The maximum absolute atomic E-state index is 11.6. The van der Waals surface area contributed by atoms with Gasteiger partial charge in [0.05, 0.1) is 0 Å². The zero-order chi connectivity index (χ0) is 11.0. The third-order valence-corrected chi connectivity index (χ3v) is 3.36. The molecule has 0 saturated carbocycles. The van der Waals surface area contributed by atoms with Crippen molar-refractivity contribution in [2.24, 2.45) is 0 Å². The lowest BCUT2D eigenvalue weighted by atomic mass is 10.0. The van der Waals surface area contributed by atoms with Crippen molar-refractivity contribution >= 4 is 24.1 Å². The summed E-state index contributed by atoms with van der Waals surface area (Å²) in [4.78, 5) is 21.4. The van der Waals surface area contributed by atoms with Crippen molar-refractivity contribution in [3.05, 3.63) is 0 Å². The Labute approximate surface area is 87.8 Å². The van der Waals surface area contributed by atoms with Gasteiger partial charge in [-0.3, -0.25) is 4.79 Å². The first-order chi connectivity index (χ1) is 6.28. The molecule has 0 unspecified atom stereocenters. The topological polar surface area (TPSA) is 55.4 Å². The fourth-order valence-electron chi connectivity index (χ4n) is 1.64. The van der Waals surface area contributed by atoms with E-state index < -0.39 is 11.0 Å². The molecule has 14 heavy (non-hydrogen) atoms. The quantitative estimate of drug-likeness (QED) is 0.551. The van der Waals surface area contributed by atoms with Crippen molar-refractivity contribution in [1.82, 2.24) is 5.32 Å². The molecule has 1 saturated heterocycles. The Bertz CT molecular complexity index is 263. The molecule has 0 radical (unpaired) electrons. The Kier molecular flexibility index (Phi) is 2.81. The number of nitrogens with one attached hydrogen (secondary N) is 1. The van der Waals surface area contributed by atoms with Crippen molar-refractivity contribution in [1.29, 1.82) is 0 Å². The molecule has 0 aromatic carbocycles. The van der Waals surface area contributed by atoms with Gasteiger partial charge in [0.1, 0.15) is 6.04 Å². The van der Waals surface area contributed by atoms with Crippen LogP contribution in [0.4, 0.5) is 0 Å². The van der Waals surface area contributed by atoms with E-state index in [2.05, 4.69) is 5.32 Å². The molecule has 1 N–H and O–H groups in total. The Morgan fingerprint density at radius 1 is 1.43 bits per heavy atom. The van der Waals surface area contributed by atoms with E-state index in [-0.39, 0.29) is 10.7 Å². The number of hydrogen-bond acceptors (Lipinski definition) is 4. The van der Waals surface area contributed by atoms with Crippen LogP contribution < -0.4 is 5.32 Å². The summed E-state index contributed by atoms with van der Waals surface area (Å²) in [5, 5.41) is 2.49. The van der Waals surface area contributed by atoms with E-state index in [1.54, 1.807) is 0 Å². The van der Waals surface area contributed by atoms with Gasteiger partial charge in [0.25, 0.3) is 0 Å². The summed E-state index contributed by atoms with van der Waals surface area (Å²) in [6.07, 6.45) is 0.534. The van der Waals surface area contributed by atoms with Crippen LogP contribution in [0.5, 0.6) is 0 Å². The van der Waals surface area contributed by atoms with Crippen LogP contribution in [0.2, 0.25) is 0 Å². The number of amides is 1. The number of ether oxygens (including phenoxy) is 1. The first kappa shape index (κ1) is 11.4. The van der Waals surface area contributed by atoms with Gasteiger partial charge in [0.15, 0.2) is 4.93 Å². The lowest BCUT2D eigenvalue weighted by Gasteiger charge is -2.43. The molecule has 1 heterocycles. The fraction of sp³-hybridized carbons (Fsp3) is 0.778. The zero-order valence-electron chi connectivity index (χ0n) is 8.79. The summed E-state index contributed by atoms with van der Waals surface area (Å²) in [6, 6.07) is -0.571. The van der Waals surface area contributed by atoms with Gasteiger partial charge in [0.2, 0.25) is 6.41 Å². The number of hydrogen-bond donors (Lipinski definition) is 1. The second kappa shape index (κ2) is 3.46. The highest BCUT2D eigenvalue weighted by Gasteiger charge is 2.48. The molecule has 0 aromatic rings. The van der Waals surface area contributed by atoms with Gasteiger partial charge < -0.3 is 10.1 Å². The highest BCUT2D eigenvalue weighted by Crippen LogP contribution is 2.43. The molecule has 1 rings (SSSR count). The van der Waals surface area contributed by atoms with E-state index in [1.165, 1.54) is 11.8 Å². The molecule has 0 aromatic heterocycles. The minimum atomic E-state index is -0.571. The van der Waals surface area contributed by atoms with Crippen molar-refractivity contribution in [2.75, 3.05) is 0 Å². The van der Waals surface area contributed by atoms with Gasteiger partial charge in [0, 0.05) is 4.75 Å². The van der Waals surface area contributed by atoms with E-state index in [9.17, 15) is 9.59 Å². The lowest BCUT2D eigenvalue weighted by Crippen LogP contribution is -2.57. The second-order valence-corrected chi connectivity index (χ2v) is 6.48. The highest BCUT2D eigenvalue weighted by molar-refractivity contribution is 8.01. The summed E-state index contributed by atoms with van der Waals surface area (Å²) in [5.74, 6) is -0.370. The van der Waals surface area contributed by atoms with Crippen molar-refractivity contribution < 1.29 is 14.3 Å². The second-order valence-electron chi connectivity index (χ2n) is 4.24. The minimum Gasteiger partial charge on any atom is -0.447 e. The summed E-state index contributed by atoms with van der Waals surface area (Å²) in [6.45, 7) is 7.52. The summed E-state index contributed by atoms with van der Waals surface area (Å²) in [7, 11) is 0. The fourth-order valence-corrected chi connectivity index (χ4v) is 3.31. The van der Waals surface area contributed by atoms with E-state index in [0.29, 0.717) is 6.41 Å². The van der Waals surface area contributed by atoms with Crippen LogP contribution in [0.1, 0.15) is 27.7 Å². The maximum Gasteiger partial charge on any atom is 0.331 e. The number of esters is 1. The molecule has 0 aliphatic carbocycles. The largest absolute Gasteiger partial charge is 0.447 e. The van der Waals surface area contributed by atoms with E-state index in [0.717, 1.165) is 0 Å². The molecule has 1 aliphatic heterocycles. The lowest BCUT2D eigenvalue weighted by molar-refractivity contribution is -0.155. The van der Waals surface area contributed by atoms with Crippen molar-refractivity contribution in [2.45, 2.75) is 43.4 Å². The monoisotopic (exact) mass is 217 g/mol. The Morgan fingerprint density at radius 2 is 2.00 bits per heavy atom. The van der Waals surface area contributed by atoms with Crippen LogP contribution in [-0.4, -0.2) is 28.1 Å². The summed E-state index contributed by atoms with van der Waals surface area (Å²) < 4.78 is 4.83. The predicted molar refractivity (Wildman–Crippen MR) is 54.8 cm³/mol. The van der Waals surface area contributed by atoms with E-state index >= 15 is 0 Å². The van der Waals surface area contributed by atoms with Crippen LogP contribution >= 0.6 is 11.8 Å². The van der Waals surface area contributed by atoms with Gasteiger partial charge in [-0.15, -0.1) is 11.8 Å². The SMILES string of the molecule is CC1(C)OC(=O)[C@@H](NC=O)C(C)(C)S1.